The van der Waals surface area contributed by atoms with Crippen molar-refractivity contribution in [3.63, 3.8) is 0 Å². The lowest BCUT2D eigenvalue weighted by atomic mass is 10.2. The van der Waals surface area contributed by atoms with Crippen LogP contribution in [0.2, 0.25) is 0 Å². The second-order valence-corrected chi connectivity index (χ2v) is 4.19. The number of nitrogens with two attached hydrogens (primary N) is 1. The summed E-state index contributed by atoms with van der Waals surface area (Å²) in [5, 5.41) is 0. The van der Waals surface area contributed by atoms with Crippen molar-refractivity contribution in [1.29, 1.82) is 0 Å². The van der Waals surface area contributed by atoms with Gasteiger partial charge in [-0.25, -0.2) is 0 Å². The Morgan fingerprint density at radius 2 is 1.84 bits per heavy atom. The van der Waals surface area contributed by atoms with Gasteiger partial charge in [0.25, 0.3) is 0 Å². The molecule has 1 heterocycles. The fourth-order valence-electron chi connectivity index (χ4n) is 1.53. The predicted octanol–water partition coefficient (Wildman–Crippen LogP) is 2.17. The quantitative estimate of drug-likeness (QED) is 0.646. The molecule has 0 bridgehead atoms. The highest BCUT2D eigenvalue weighted by atomic mass is 32.1. The Labute approximate surface area is 117 Å². The average Bonchev–Trinajstić information content (AvgIpc) is 2.45. The van der Waals surface area contributed by atoms with Gasteiger partial charge in [0, 0.05) is 6.20 Å². The Hall–Kier alpha value is -2.14. The molecule has 98 valence electrons. The fraction of sp³-hybridized carbons (Fsp3) is 0.143. The van der Waals surface area contributed by atoms with Gasteiger partial charge in [-0.3, -0.25) is 4.98 Å². The summed E-state index contributed by atoms with van der Waals surface area (Å²) in [5.74, 6) is 1.39. The normalized spacial score (nSPS) is 9.89. The van der Waals surface area contributed by atoms with Crippen LogP contribution in [0.25, 0.3) is 0 Å². The van der Waals surface area contributed by atoms with Crippen LogP contribution in [0, 0.1) is 0 Å². The molecule has 1 aromatic carbocycles. The highest BCUT2D eigenvalue weighted by Crippen LogP contribution is 2.16. The van der Waals surface area contributed by atoms with Crippen molar-refractivity contribution in [3.8, 4) is 11.5 Å². The topological polar surface area (TPSA) is 57.4 Å². The smallest absolute Gasteiger partial charge is 0.147 e. The summed E-state index contributed by atoms with van der Waals surface area (Å²) in [5.41, 5.74) is 6.29. The molecule has 0 amide bonds. The molecule has 0 aliphatic heterocycles. The molecule has 0 fully saturated rings. The number of rotatable bonds is 6. The SMILES string of the molecule is NC(=S)c1ccncc1OCCOc1ccccc1. The first-order valence-electron chi connectivity index (χ1n) is 5.82. The molecule has 0 atom stereocenters. The van der Waals surface area contributed by atoms with Gasteiger partial charge in [-0.2, -0.15) is 0 Å². The highest BCUT2D eigenvalue weighted by molar-refractivity contribution is 7.80. The Morgan fingerprint density at radius 1 is 1.11 bits per heavy atom. The van der Waals surface area contributed by atoms with E-state index in [1.807, 2.05) is 30.3 Å². The molecule has 0 saturated heterocycles. The van der Waals surface area contributed by atoms with Crippen molar-refractivity contribution in [2.45, 2.75) is 0 Å². The minimum Gasteiger partial charge on any atom is -0.490 e. The van der Waals surface area contributed by atoms with Crippen molar-refractivity contribution in [2.24, 2.45) is 5.73 Å². The van der Waals surface area contributed by atoms with E-state index >= 15 is 0 Å². The number of hydrogen-bond acceptors (Lipinski definition) is 4. The van der Waals surface area contributed by atoms with E-state index in [9.17, 15) is 0 Å². The molecule has 0 aliphatic rings. The van der Waals surface area contributed by atoms with Crippen LogP contribution in [0.3, 0.4) is 0 Å². The Kier molecular flexibility index (Phi) is 4.69. The minimum absolute atomic E-state index is 0.293. The van der Waals surface area contributed by atoms with Gasteiger partial charge in [0.15, 0.2) is 0 Å². The lowest BCUT2D eigenvalue weighted by molar-refractivity contribution is 0.216. The van der Waals surface area contributed by atoms with E-state index in [-0.39, 0.29) is 0 Å². The average molecular weight is 274 g/mol. The van der Waals surface area contributed by atoms with Gasteiger partial charge in [0.1, 0.15) is 29.7 Å². The Balaban J connectivity index is 1.85. The van der Waals surface area contributed by atoms with Gasteiger partial charge in [0.2, 0.25) is 0 Å². The summed E-state index contributed by atoms with van der Waals surface area (Å²) in [6, 6.07) is 11.3. The van der Waals surface area contributed by atoms with Gasteiger partial charge in [-0.15, -0.1) is 0 Å². The van der Waals surface area contributed by atoms with Crippen LogP contribution in [0.15, 0.2) is 48.8 Å². The van der Waals surface area contributed by atoms with E-state index in [0.29, 0.717) is 29.5 Å². The molecule has 0 aliphatic carbocycles. The van der Waals surface area contributed by atoms with Crippen molar-refractivity contribution in [3.05, 3.63) is 54.4 Å². The first kappa shape index (κ1) is 13.3. The molecular formula is C14H14N2O2S. The van der Waals surface area contributed by atoms with Gasteiger partial charge >= 0.3 is 0 Å². The van der Waals surface area contributed by atoms with Crippen molar-refractivity contribution < 1.29 is 9.47 Å². The van der Waals surface area contributed by atoms with Crippen molar-refractivity contribution in [1.82, 2.24) is 4.98 Å². The largest absolute Gasteiger partial charge is 0.490 e. The number of para-hydroxylation sites is 1. The summed E-state index contributed by atoms with van der Waals surface area (Å²) in [6.07, 6.45) is 3.22. The van der Waals surface area contributed by atoms with Gasteiger partial charge in [-0.05, 0) is 18.2 Å². The highest BCUT2D eigenvalue weighted by Gasteiger charge is 2.05. The molecule has 4 nitrogen and oxygen atoms in total. The van der Waals surface area contributed by atoms with E-state index in [2.05, 4.69) is 4.98 Å². The molecule has 1 aromatic heterocycles. The van der Waals surface area contributed by atoms with Crippen molar-refractivity contribution >= 4 is 17.2 Å². The third-order valence-electron chi connectivity index (χ3n) is 2.40. The standard InChI is InChI=1S/C14H14N2O2S/c15-14(19)12-6-7-16-10-13(12)18-9-8-17-11-4-2-1-3-5-11/h1-7,10H,8-9H2,(H2,15,19). The van der Waals surface area contributed by atoms with Crippen LogP contribution in [0.5, 0.6) is 11.5 Å². The van der Waals surface area contributed by atoms with Crippen molar-refractivity contribution in [2.75, 3.05) is 13.2 Å². The molecule has 0 unspecified atom stereocenters. The number of hydrogen-bond donors (Lipinski definition) is 1. The molecule has 0 spiro atoms. The number of thiocarbonyl (C=S) groups is 1. The molecule has 2 aromatic rings. The molecule has 0 radical (unpaired) electrons. The third-order valence-corrected chi connectivity index (χ3v) is 2.62. The van der Waals surface area contributed by atoms with Crippen LogP contribution in [0.1, 0.15) is 5.56 Å². The summed E-state index contributed by atoms with van der Waals surface area (Å²) < 4.78 is 11.1. The Bertz CT molecular complexity index is 546. The first-order chi connectivity index (χ1) is 9.27. The maximum Gasteiger partial charge on any atom is 0.147 e. The Morgan fingerprint density at radius 3 is 2.58 bits per heavy atom. The monoisotopic (exact) mass is 274 g/mol. The van der Waals surface area contributed by atoms with Gasteiger partial charge < -0.3 is 15.2 Å². The second kappa shape index (κ2) is 6.70. The number of ether oxygens (including phenoxy) is 2. The van der Waals surface area contributed by atoms with Crippen LogP contribution >= 0.6 is 12.2 Å². The van der Waals surface area contributed by atoms with Crippen LogP contribution in [-0.4, -0.2) is 23.2 Å². The summed E-state index contributed by atoms with van der Waals surface area (Å²) >= 11 is 4.94. The fourth-order valence-corrected chi connectivity index (χ4v) is 1.70. The molecule has 5 heteroatoms. The zero-order chi connectivity index (χ0) is 13.5. The molecule has 19 heavy (non-hydrogen) atoms. The predicted molar refractivity (Wildman–Crippen MR) is 77.6 cm³/mol. The zero-order valence-electron chi connectivity index (χ0n) is 10.3. The maximum absolute atomic E-state index is 5.60. The molecular weight excluding hydrogens is 260 g/mol. The number of benzene rings is 1. The second-order valence-electron chi connectivity index (χ2n) is 3.75. The van der Waals surface area contributed by atoms with Crippen LogP contribution < -0.4 is 15.2 Å². The van der Waals surface area contributed by atoms with E-state index in [4.69, 9.17) is 27.4 Å². The first-order valence-corrected chi connectivity index (χ1v) is 6.22. The number of aromatic nitrogens is 1. The number of pyridine rings is 1. The van der Waals surface area contributed by atoms with E-state index in [0.717, 1.165) is 5.75 Å². The number of nitrogens with zero attached hydrogens (tertiary/aromatic N) is 1. The lowest BCUT2D eigenvalue weighted by Crippen LogP contribution is -2.14. The minimum atomic E-state index is 0.293. The summed E-state index contributed by atoms with van der Waals surface area (Å²) in [7, 11) is 0. The molecule has 0 saturated carbocycles. The third kappa shape index (κ3) is 3.93. The summed E-state index contributed by atoms with van der Waals surface area (Å²) in [6.45, 7) is 0.839. The van der Waals surface area contributed by atoms with Crippen LogP contribution in [0.4, 0.5) is 0 Å². The van der Waals surface area contributed by atoms with Crippen LogP contribution in [-0.2, 0) is 0 Å². The van der Waals surface area contributed by atoms with E-state index < -0.39 is 0 Å². The lowest BCUT2D eigenvalue weighted by Gasteiger charge is -2.10. The summed E-state index contributed by atoms with van der Waals surface area (Å²) in [4.78, 5) is 4.28. The molecule has 2 N–H and O–H groups in total. The van der Waals surface area contributed by atoms with Gasteiger partial charge in [0.05, 0.1) is 11.8 Å². The molecule has 2 rings (SSSR count). The van der Waals surface area contributed by atoms with E-state index in [1.165, 1.54) is 0 Å². The maximum atomic E-state index is 5.60. The van der Waals surface area contributed by atoms with Gasteiger partial charge in [-0.1, -0.05) is 30.4 Å². The van der Waals surface area contributed by atoms with E-state index in [1.54, 1.807) is 18.5 Å². The zero-order valence-corrected chi connectivity index (χ0v) is 11.1.